The number of nitrogens with one attached hydrogen (secondary N) is 1. The molecule has 0 bridgehead atoms. The molecule has 82 heavy (non-hydrogen) atoms. The first-order valence-electron chi connectivity index (χ1n) is 35.3. The van der Waals surface area contributed by atoms with Crippen LogP contribution < -0.4 is 5.32 Å². The van der Waals surface area contributed by atoms with E-state index in [1.54, 1.807) is 0 Å². The smallest absolute Gasteiger partial charge is 0.220 e. The summed E-state index contributed by atoms with van der Waals surface area (Å²) in [6, 6.07) is -0.824. The second-order valence-electron chi connectivity index (χ2n) is 25.4. The summed E-state index contributed by atoms with van der Waals surface area (Å²) in [6.07, 6.45) is 46.9. The molecule has 0 spiro atoms. The predicted octanol–water partition coefficient (Wildman–Crippen LogP) is 14.0. The minimum atomic E-state index is -1.78. The zero-order valence-electron chi connectivity index (χ0n) is 53.0. The van der Waals surface area contributed by atoms with Gasteiger partial charge in [-0.1, -0.05) is 316 Å². The molecule has 12 atom stereocenters. The molecule has 2 saturated heterocycles. The maximum absolute atomic E-state index is 13.3. The molecule has 0 saturated carbocycles. The van der Waals surface area contributed by atoms with Crippen LogP contribution in [0.1, 0.15) is 335 Å². The first-order valence-corrected chi connectivity index (χ1v) is 35.3. The van der Waals surface area contributed by atoms with E-state index in [0.29, 0.717) is 12.8 Å². The molecule has 2 aliphatic heterocycles. The Morgan fingerprint density at radius 3 is 1.04 bits per heavy atom. The fraction of sp³-hybridized carbons (Fsp3) is 0.985. The van der Waals surface area contributed by atoms with Gasteiger partial charge in [-0.05, 0) is 12.8 Å². The van der Waals surface area contributed by atoms with Crippen molar-refractivity contribution >= 4 is 5.91 Å². The third-order valence-corrected chi connectivity index (χ3v) is 17.8. The standard InChI is InChI=1S/C68H133NO13/c1-3-5-7-9-11-13-15-17-19-21-23-25-26-27-28-29-30-32-34-36-38-40-42-44-46-48-50-52-60(73)69-56(57(72)51-49-47-45-43-41-39-37-35-33-31-24-22-20-18-16-14-12-10-8-6-4-2)55-79-67-65(78)63(76)66(59(54-71)81-67)82-68-64(77)62(75)61(74)58(53-70)80-68/h56-59,61-68,70-72,74-78H,3-55H2,1-2H3,(H,69,73). The van der Waals surface area contributed by atoms with Gasteiger partial charge in [0, 0.05) is 6.42 Å². The van der Waals surface area contributed by atoms with E-state index in [1.165, 1.54) is 257 Å². The molecule has 2 heterocycles. The van der Waals surface area contributed by atoms with Gasteiger partial charge in [0.1, 0.15) is 48.8 Å². The Balaban J connectivity index is 1.66. The average Bonchev–Trinajstić information content (AvgIpc) is 3.67. The molecule has 9 N–H and O–H groups in total. The van der Waals surface area contributed by atoms with E-state index < -0.39 is 86.8 Å². The molecular formula is C68H133NO13. The molecule has 12 unspecified atom stereocenters. The van der Waals surface area contributed by atoms with Crippen molar-refractivity contribution < 1.29 is 64.6 Å². The Morgan fingerprint density at radius 2 is 0.695 bits per heavy atom. The normalized spacial score (nSPS) is 23.8. The summed E-state index contributed by atoms with van der Waals surface area (Å²) in [7, 11) is 0. The van der Waals surface area contributed by atoms with Crippen molar-refractivity contribution in [1.29, 1.82) is 0 Å². The van der Waals surface area contributed by atoms with Crippen LogP contribution in [-0.2, 0) is 23.7 Å². The molecule has 2 rings (SSSR count). The van der Waals surface area contributed by atoms with Gasteiger partial charge in [-0.25, -0.2) is 0 Å². The number of aliphatic hydroxyl groups excluding tert-OH is 8. The fourth-order valence-electron chi connectivity index (χ4n) is 12.2. The summed E-state index contributed by atoms with van der Waals surface area (Å²) < 4.78 is 22.9. The van der Waals surface area contributed by atoms with Gasteiger partial charge in [-0.15, -0.1) is 0 Å². The van der Waals surface area contributed by atoms with E-state index in [9.17, 15) is 45.6 Å². The molecular weight excluding hydrogens is 1040 g/mol. The molecule has 488 valence electrons. The molecule has 2 aliphatic rings. The van der Waals surface area contributed by atoms with Gasteiger partial charge < -0.3 is 65.1 Å². The van der Waals surface area contributed by atoms with Crippen LogP contribution in [0.15, 0.2) is 0 Å². The molecule has 0 aliphatic carbocycles. The van der Waals surface area contributed by atoms with Crippen molar-refractivity contribution in [2.75, 3.05) is 19.8 Å². The highest BCUT2D eigenvalue weighted by atomic mass is 16.7. The highest BCUT2D eigenvalue weighted by molar-refractivity contribution is 5.76. The van der Waals surface area contributed by atoms with E-state index in [0.717, 1.165) is 51.4 Å². The molecule has 1 amide bonds. The van der Waals surface area contributed by atoms with Crippen molar-refractivity contribution in [3.8, 4) is 0 Å². The molecule has 0 aromatic carbocycles. The second-order valence-corrected chi connectivity index (χ2v) is 25.4. The van der Waals surface area contributed by atoms with Crippen molar-refractivity contribution in [1.82, 2.24) is 5.32 Å². The van der Waals surface area contributed by atoms with E-state index >= 15 is 0 Å². The first-order chi connectivity index (χ1) is 40.1. The Kier molecular flexibility index (Phi) is 50.9. The highest BCUT2D eigenvalue weighted by Crippen LogP contribution is 2.30. The quantitative estimate of drug-likeness (QED) is 0.0259. The molecule has 0 aromatic rings. The van der Waals surface area contributed by atoms with E-state index in [4.69, 9.17) is 18.9 Å². The number of rotatable bonds is 59. The first kappa shape index (κ1) is 77.1. The molecule has 0 aromatic heterocycles. The number of aliphatic hydroxyl groups is 8. The third-order valence-electron chi connectivity index (χ3n) is 17.8. The largest absolute Gasteiger partial charge is 0.394 e. The lowest BCUT2D eigenvalue weighted by molar-refractivity contribution is -0.359. The van der Waals surface area contributed by atoms with Crippen LogP contribution in [0.4, 0.5) is 0 Å². The van der Waals surface area contributed by atoms with Crippen LogP contribution >= 0.6 is 0 Å². The van der Waals surface area contributed by atoms with Crippen molar-refractivity contribution in [3.05, 3.63) is 0 Å². The van der Waals surface area contributed by atoms with Gasteiger partial charge >= 0.3 is 0 Å². The van der Waals surface area contributed by atoms with Crippen molar-refractivity contribution in [3.63, 3.8) is 0 Å². The predicted molar refractivity (Wildman–Crippen MR) is 332 cm³/mol. The van der Waals surface area contributed by atoms with Crippen LogP contribution in [0.5, 0.6) is 0 Å². The SMILES string of the molecule is CCCCCCCCCCCCCCCCCCCCCCCCCCCCCC(=O)NC(COC1OC(CO)C(OC2OC(CO)C(O)C(O)C2O)C(O)C1O)C(O)CCCCCCCCCCCCCCCCCCCCCCC. The second kappa shape index (κ2) is 54.2. The number of ether oxygens (including phenoxy) is 4. The van der Waals surface area contributed by atoms with E-state index in [-0.39, 0.29) is 12.5 Å². The monoisotopic (exact) mass is 1170 g/mol. The summed E-state index contributed by atoms with van der Waals surface area (Å²) in [6.45, 7) is 2.93. The lowest BCUT2D eigenvalue weighted by Crippen LogP contribution is -2.65. The summed E-state index contributed by atoms with van der Waals surface area (Å²) >= 11 is 0. The fourth-order valence-corrected chi connectivity index (χ4v) is 12.2. The van der Waals surface area contributed by atoms with Crippen LogP contribution in [-0.4, -0.2) is 140 Å². The average molecular weight is 1170 g/mol. The number of hydrogen-bond donors (Lipinski definition) is 9. The van der Waals surface area contributed by atoms with E-state index in [2.05, 4.69) is 19.2 Å². The van der Waals surface area contributed by atoms with Gasteiger partial charge in [0.25, 0.3) is 0 Å². The number of amides is 1. The lowest BCUT2D eigenvalue weighted by Gasteiger charge is -2.46. The Morgan fingerprint density at radius 1 is 0.390 bits per heavy atom. The molecule has 14 heteroatoms. The maximum Gasteiger partial charge on any atom is 0.220 e. The maximum atomic E-state index is 13.3. The van der Waals surface area contributed by atoms with Crippen LogP contribution in [0, 0.1) is 0 Å². The number of carbonyl (C=O) groups excluding carboxylic acids is 1. The highest BCUT2D eigenvalue weighted by Gasteiger charge is 2.51. The zero-order valence-corrected chi connectivity index (χ0v) is 53.0. The zero-order chi connectivity index (χ0) is 59.5. The third kappa shape index (κ3) is 38.3. The summed E-state index contributed by atoms with van der Waals surface area (Å²) in [5, 5.41) is 87.6. The van der Waals surface area contributed by atoms with Gasteiger partial charge in [-0.2, -0.15) is 0 Å². The van der Waals surface area contributed by atoms with E-state index in [1.807, 2.05) is 0 Å². The Hall–Kier alpha value is -1.01. The minimum Gasteiger partial charge on any atom is -0.394 e. The number of unbranched alkanes of at least 4 members (excludes halogenated alkanes) is 46. The minimum absolute atomic E-state index is 0.197. The lowest BCUT2D eigenvalue weighted by atomic mass is 9.97. The number of hydrogen-bond acceptors (Lipinski definition) is 13. The van der Waals surface area contributed by atoms with Gasteiger partial charge in [-0.3, -0.25) is 4.79 Å². The van der Waals surface area contributed by atoms with Crippen LogP contribution in [0.2, 0.25) is 0 Å². The van der Waals surface area contributed by atoms with Crippen LogP contribution in [0.25, 0.3) is 0 Å². The van der Waals surface area contributed by atoms with Crippen LogP contribution in [0.3, 0.4) is 0 Å². The molecule has 2 fully saturated rings. The summed E-state index contributed by atoms with van der Waals surface area (Å²) in [5.74, 6) is -0.197. The van der Waals surface area contributed by atoms with Gasteiger partial charge in [0.05, 0.1) is 32.0 Å². The summed E-state index contributed by atoms with van der Waals surface area (Å²) in [4.78, 5) is 13.3. The van der Waals surface area contributed by atoms with Gasteiger partial charge in [0.2, 0.25) is 5.91 Å². The summed E-state index contributed by atoms with van der Waals surface area (Å²) in [5.41, 5.74) is 0. The molecule has 14 nitrogen and oxygen atoms in total. The van der Waals surface area contributed by atoms with Gasteiger partial charge in [0.15, 0.2) is 12.6 Å². The Labute approximate surface area is 502 Å². The topological polar surface area (TPSA) is 228 Å². The van der Waals surface area contributed by atoms with Crippen molar-refractivity contribution in [2.45, 2.75) is 408 Å². The van der Waals surface area contributed by atoms with Crippen molar-refractivity contribution in [2.24, 2.45) is 0 Å². The Bertz CT molecular complexity index is 1380. The molecule has 0 radical (unpaired) electrons. The number of carbonyl (C=O) groups is 1.